The fourth-order valence-electron chi connectivity index (χ4n) is 5.08. The molecule has 0 unspecified atom stereocenters. The van der Waals surface area contributed by atoms with Crippen LogP contribution in [0.1, 0.15) is 49.9 Å². The SMILES string of the molecule is C[n+]1cn(-c2ccc3c(c2)C(C)(C)c2ccccc2C3(C)C)c2ccccc21. The Hall–Kier alpha value is -2.87. The van der Waals surface area contributed by atoms with Crippen LogP contribution in [0.3, 0.4) is 0 Å². The monoisotopic (exact) mass is 367 g/mol. The predicted molar refractivity (Wildman–Crippen MR) is 115 cm³/mol. The van der Waals surface area contributed by atoms with Crippen molar-refractivity contribution in [3.05, 3.63) is 95.3 Å². The van der Waals surface area contributed by atoms with Gasteiger partial charge in [-0.3, -0.25) is 0 Å². The first-order valence-electron chi connectivity index (χ1n) is 10.0. The average Bonchev–Trinajstić information content (AvgIpc) is 3.04. The Balaban J connectivity index is 1.78. The summed E-state index contributed by atoms with van der Waals surface area (Å²) in [6, 6.07) is 24.5. The van der Waals surface area contributed by atoms with E-state index in [0.717, 1.165) is 0 Å². The van der Waals surface area contributed by atoms with Gasteiger partial charge in [0.1, 0.15) is 5.69 Å². The van der Waals surface area contributed by atoms with Gasteiger partial charge in [0.05, 0.1) is 7.05 Å². The predicted octanol–water partition coefficient (Wildman–Crippen LogP) is 5.42. The molecule has 0 radical (unpaired) electrons. The average molecular weight is 368 g/mol. The normalized spacial score (nSPS) is 16.6. The first-order chi connectivity index (χ1) is 13.3. The lowest BCUT2D eigenvalue weighted by atomic mass is 9.60. The fourth-order valence-corrected chi connectivity index (χ4v) is 5.08. The van der Waals surface area contributed by atoms with E-state index in [2.05, 4.69) is 117 Å². The van der Waals surface area contributed by atoms with Crippen LogP contribution in [0.15, 0.2) is 73.1 Å². The summed E-state index contributed by atoms with van der Waals surface area (Å²) in [5, 5.41) is 0. The van der Waals surface area contributed by atoms with Crippen molar-refractivity contribution in [1.82, 2.24) is 4.57 Å². The molecule has 0 atom stereocenters. The second kappa shape index (κ2) is 5.57. The molecule has 1 aliphatic carbocycles. The van der Waals surface area contributed by atoms with Crippen molar-refractivity contribution in [2.24, 2.45) is 7.05 Å². The number of fused-ring (bicyclic) bond motifs is 3. The summed E-state index contributed by atoms with van der Waals surface area (Å²) in [6.45, 7) is 9.42. The maximum Gasteiger partial charge on any atom is 0.249 e. The van der Waals surface area contributed by atoms with Gasteiger partial charge in [0.15, 0.2) is 11.0 Å². The zero-order valence-electron chi connectivity index (χ0n) is 17.3. The van der Waals surface area contributed by atoms with Crippen LogP contribution in [-0.4, -0.2) is 4.57 Å². The van der Waals surface area contributed by atoms with Crippen LogP contribution in [0, 0.1) is 0 Å². The first-order valence-corrected chi connectivity index (χ1v) is 10.0. The minimum Gasteiger partial charge on any atom is -0.232 e. The van der Waals surface area contributed by atoms with Crippen LogP contribution in [-0.2, 0) is 17.9 Å². The van der Waals surface area contributed by atoms with E-state index in [-0.39, 0.29) is 10.8 Å². The van der Waals surface area contributed by atoms with Gasteiger partial charge in [-0.1, -0.05) is 70.2 Å². The molecule has 140 valence electrons. The van der Waals surface area contributed by atoms with Crippen LogP contribution in [0.2, 0.25) is 0 Å². The summed E-state index contributed by atoms with van der Waals surface area (Å²) in [5.41, 5.74) is 9.41. The highest BCUT2D eigenvalue weighted by Crippen LogP contribution is 2.49. The van der Waals surface area contributed by atoms with Crippen LogP contribution < -0.4 is 4.57 Å². The Morgan fingerprint density at radius 2 is 1.25 bits per heavy atom. The van der Waals surface area contributed by atoms with Gasteiger partial charge in [0.25, 0.3) is 0 Å². The Morgan fingerprint density at radius 3 is 1.96 bits per heavy atom. The van der Waals surface area contributed by atoms with Crippen molar-refractivity contribution in [2.45, 2.75) is 38.5 Å². The van der Waals surface area contributed by atoms with Crippen LogP contribution >= 0.6 is 0 Å². The van der Waals surface area contributed by atoms with Gasteiger partial charge in [-0.2, -0.15) is 4.57 Å². The smallest absolute Gasteiger partial charge is 0.232 e. The minimum atomic E-state index is -0.0252. The molecule has 0 fully saturated rings. The van der Waals surface area contributed by atoms with Gasteiger partial charge in [-0.25, -0.2) is 4.57 Å². The molecule has 1 aliphatic rings. The number of aryl methyl sites for hydroxylation is 1. The quantitative estimate of drug-likeness (QED) is 0.397. The van der Waals surface area contributed by atoms with E-state index in [1.165, 1.54) is 39.0 Å². The maximum atomic E-state index is 2.40. The number of nitrogens with zero attached hydrogens (tertiary/aromatic N) is 2. The van der Waals surface area contributed by atoms with E-state index in [4.69, 9.17) is 0 Å². The summed E-state index contributed by atoms with van der Waals surface area (Å²) in [4.78, 5) is 0. The molecule has 1 heterocycles. The van der Waals surface area contributed by atoms with Gasteiger partial charge >= 0.3 is 0 Å². The molecule has 0 amide bonds. The van der Waals surface area contributed by atoms with Gasteiger partial charge in [0, 0.05) is 10.8 Å². The zero-order chi connectivity index (χ0) is 19.7. The van der Waals surface area contributed by atoms with E-state index in [9.17, 15) is 0 Å². The molecule has 0 bridgehead atoms. The third kappa shape index (κ3) is 2.18. The first kappa shape index (κ1) is 17.2. The van der Waals surface area contributed by atoms with Crippen LogP contribution in [0.4, 0.5) is 0 Å². The highest BCUT2D eigenvalue weighted by atomic mass is 15.1. The number of hydrogen-bond donors (Lipinski definition) is 0. The van der Waals surface area contributed by atoms with Crippen LogP contribution in [0.25, 0.3) is 16.7 Å². The summed E-state index contributed by atoms with van der Waals surface area (Å²) in [6.07, 6.45) is 2.18. The fraction of sp³-hybridized carbons (Fsp3) is 0.269. The molecule has 0 saturated carbocycles. The number of aromatic nitrogens is 2. The Bertz CT molecular complexity index is 1220. The van der Waals surface area contributed by atoms with Gasteiger partial charge in [-0.15, -0.1) is 0 Å². The van der Waals surface area contributed by atoms with Gasteiger partial charge < -0.3 is 0 Å². The number of rotatable bonds is 1. The molecular weight excluding hydrogens is 340 g/mol. The molecule has 5 rings (SSSR count). The van der Waals surface area contributed by atoms with Crippen molar-refractivity contribution < 1.29 is 4.57 Å². The Labute approximate surface area is 167 Å². The van der Waals surface area contributed by atoms with E-state index < -0.39 is 0 Å². The molecule has 3 aromatic carbocycles. The Morgan fingerprint density at radius 1 is 0.679 bits per heavy atom. The third-order valence-corrected chi connectivity index (χ3v) is 6.71. The van der Waals surface area contributed by atoms with Crippen LogP contribution in [0.5, 0.6) is 0 Å². The summed E-state index contributed by atoms with van der Waals surface area (Å²) in [7, 11) is 2.11. The minimum absolute atomic E-state index is 0.00337. The van der Waals surface area contributed by atoms with E-state index in [1.807, 2.05) is 0 Å². The summed E-state index contributed by atoms with van der Waals surface area (Å²) in [5.74, 6) is 0. The zero-order valence-corrected chi connectivity index (χ0v) is 17.3. The molecule has 2 nitrogen and oxygen atoms in total. The molecule has 0 N–H and O–H groups in total. The topological polar surface area (TPSA) is 8.81 Å². The lowest BCUT2D eigenvalue weighted by molar-refractivity contribution is -0.645. The highest BCUT2D eigenvalue weighted by molar-refractivity contribution is 5.74. The van der Waals surface area contributed by atoms with Crippen molar-refractivity contribution >= 4 is 11.0 Å². The molecule has 0 spiro atoms. The van der Waals surface area contributed by atoms with Gasteiger partial charge in [-0.05, 0) is 46.5 Å². The number of imidazole rings is 1. The summed E-state index contributed by atoms with van der Waals surface area (Å²) >= 11 is 0. The molecule has 1 aromatic heterocycles. The number of para-hydroxylation sites is 2. The van der Waals surface area contributed by atoms with Crippen molar-refractivity contribution in [2.75, 3.05) is 0 Å². The molecule has 4 aromatic rings. The standard InChI is InChI=1S/C26H27N2/c1-25(2)19-10-6-7-11-20(19)26(3,4)22-16-18(14-15-21(22)25)28-17-27(5)23-12-8-9-13-24(23)28/h6-17H,1-5H3/q+1. The molecule has 28 heavy (non-hydrogen) atoms. The van der Waals surface area contributed by atoms with Crippen molar-refractivity contribution in [3.8, 4) is 5.69 Å². The lowest BCUT2D eigenvalue weighted by Gasteiger charge is -2.43. The van der Waals surface area contributed by atoms with E-state index in [0.29, 0.717) is 0 Å². The maximum absolute atomic E-state index is 2.40. The lowest BCUT2D eigenvalue weighted by Crippen LogP contribution is -2.36. The number of benzene rings is 3. The highest BCUT2D eigenvalue weighted by Gasteiger charge is 2.41. The molecule has 0 saturated heterocycles. The number of hydrogen-bond acceptors (Lipinski definition) is 0. The largest absolute Gasteiger partial charge is 0.249 e. The summed E-state index contributed by atoms with van der Waals surface area (Å²) < 4.78 is 4.50. The second-order valence-electron chi connectivity index (χ2n) is 9.11. The molecule has 0 aliphatic heterocycles. The van der Waals surface area contributed by atoms with E-state index >= 15 is 0 Å². The third-order valence-electron chi connectivity index (χ3n) is 6.71. The molecular formula is C26H27N2+. The second-order valence-corrected chi connectivity index (χ2v) is 9.11. The van der Waals surface area contributed by atoms with Crippen molar-refractivity contribution in [3.63, 3.8) is 0 Å². The van der Waals surface area contributed by atoms with Crippen molar-refractivity contribution in [1.29, 1.82) is 0 Å². The molecule has 2 heteroatoms. The Kier molecular flexibility index (Phi) is 3.43. The van der Waals surface area contributed by atoms with E-state index in [1.54, 1.807) is 0 Å². The van der Waals surface area contributed by atoms with Gasteiger partial charge in [0.2, 0.25) is 6.33 Å².